The van der Waals surface area contributed by atoms with E-state index in [0.29, 0.717) is 26.1 Å². The van der Waals surface area contributed by atoms with Gasteiger partial charge in [0.15, 0.2) is 0 Å². The molecule has 1 atom stereocenters. The van der Waals surface area contributed by atoms with Crippen molar-refractivity contribution in [2.75, 3.05) is 13.2 Å². The van der Waals surface area contributed by atoms with E-state index in [2.05, 4.69) is 5.32 Å². The zero-order chi connectivity index (χ0) is 7.82. The van der Waals surface area contributed by atoms with E-state index < -0.39 is 6.17 Å². The lowest BCUT2D eigenvalue weighted by Gasteiger charge is -2.05. The molecule has 0 radical (unpaired) electrons. The van der Waals surface area contributed by atoms with E-state index in [1.165, 1.54) is 0 Å². The summed E-state index contributed by atoms with van der Waals surface area (Å²) in [7, 11) is 0. The van der Waals surface area contributed by atoms with Crippen LogP contribution in [0.4, 0.5) is 4.39 Å². The first-order valence-electron chi connectivity index (χ1n) is 3.86. The van der Waals surface area contributed by atoms with Crippen LogP contribution in [0.2, 0.25) is 0 Å². The molecule has 0 aliphatic heterocycles. The van der Waals surface area contributed by atoms with Crippen molar-refractivity contribution in [2.24, 2.45) is 5.73 Å². The quantitative estimate of drug-likeness (QED) is 0.436. The third kappa shape index (κ3) is 5.98. The van der Waals surface area contributed by atoms with Gasteiger partial charge in [-0.1, -0.05) is 13.3 Å². The molecule has 62 valence electrons. The standard InChI is InChI=1S/C7H17FN2/c1-2-3-7(8)4-5-10-6-9/h7,10H,2-6,9H2,1H3. The minimum atomic E-state index is -0.649. The first-order chi connectivity index (χ1) is 4.81. The maximum atomic E-state index is 12.6. The molecular formula is C7H17FN2. The largest absolute Gasteiger partial charge is 0.318 e. The first kappa shape index (κ1) is 9.85. The van der Waals surface area contributed by atoms with Crippen molar-refractivity contribution in [2.45, 2.75) is 32.4 Å². The van der Waals surface area contributed by atoms with Crippen LogP contribution >= 0.6 is 0 Å². The van der Waals surface area contributed by atoms with E-state index in [0.717, 1.165) is 6.42 Å². The number of nitrogens with two attached hydrogens (primary N) is 1. The van der Waals surface area contributed by atoms with E-state index in [1.54, 1.807) is 0 Å². The summed E-state index contributed by atoms with van der Waals surface area (Å²) < 4.78 is 12.6. The zero-order valence-corrected chi connectivity index (χ0v) is 6.57. The lowest BCUT2D eigenvalue weighted by molar-refractivity contribution is 0.291. The molecule has 0 fully saturated rings. The normalized spacial score (nSPS) is 13.5. The Morgan fingerprint density at radius 2 is 2.20 bits per heavy atom. The molecule has 0 bridgehead atoms. The van der Waals surface area contributed by atoms with E-state index in [-0.39, 0.29) is 0 Å². The Hall–Kier alpha value is -0.150. The van der Waals surface area contributed by atoms with Gasteiger partial charge in [0.1, 0.15) is 6.17 Å². The summed E-state index contributed by atoms with van der Waals surface area (Å²) in [5.41, 5.74) is 5.16. The van der Waals surface area contributed by atoms with Crippen molar-refractivity contribution >= 4 is 0 Å². The van der Waals surface area contributed by atoms with Gasteiger partial charge in [0.2, 0.25) is 0 Å². The fraction of sp³-hybridized carbons (Fsp3) is 1.00. The minimum absolute atomic E-state index is 0.443. The highest BCUT2D eigenvalue weighted by atomic mass is 19.1. The zero-order valence-electron chi connectivity index (χ0n) is 6.57. The lowest BCUT2D eigenvalue weighted by atomic mass is 10.2. The average Bonchev–Trinajstić information content (AvgIpc) is 1.89. The number of hydrogen-bond donors (Lipinski definition) is 2. The van der Waals surface area contributed by atoms with Gasteiger partial charge in [-0.05, 0) is 19.4 Å². The van der Waals surface area contributed by atoms with E-state index >= 15 is 0 Å². The molecule has 1 unspecified atom stereocenters. The van der Waals surface area contributed by atoms with Gasteiger partial charge >= 0.3 is 0 Å². The van der Waals surface area contributed by atoms with Crippen LogP contribution in [0.5, 0.6) is 0 Å². The summed E-state index contributed by atoms with van der Waals surface area (Å²) >= 11 is 0. The lowest BCUT2D eigenvalue weighted by Crippen LogP contribution is -2.25. The number of nitrogens with one attached hydrogen (secondary N) is 1. The highest BCUT2D eigenvalue weighted by Gasteiger charge is 2.02. The SMILES string of the molecule is CCCC(F)CCNCN. The fourth-order valence-electron chi connectivity index (χ4n) is 0.818. The van der Waals surface area contributed by atoms with Crippen LogP contribution < -0.4 is 11.1 Å². The number of hydrogen-bond acceptors (Lipinski definition) is 2. The summed E-state index contributed by atoms with van der Waals surface area (Å²) in [4.78, 5) is 0. The van der Waals surface area contributed by atoms with Gasteiger partial charge < -0.3 is 11.1 Å². The Labute approximate surface area is 62.0 Å². The average molecular weight is 148 g/mol. The highest BCUT2D eigenvalue weighted by molar-refractivity contribution is 4.56. The number of halogens is 1. The minimum Gasteiger partial charge on any atom is -0.318 e. The van der Waals surface area contributed by atoms with Gasteiger partial charge in [-0.3, -0.25) is 0 Å². The smallest absolute Gasteiger partial charge is 0.101 e. The number of alkyl halides is 1. The van der Waals surface area contributed by atoms with Gasteiger partial charge in [0.05, 0.1) is 0 Å². The molecule has 0 amide bonds. The molecule has 10 heavy (non-hydrogen) atoms. The van der Waals surface area contributed by atoms with Crippen LogP contribution in [-0.4, -0.2) is 19.4 Å². The third-order valence-electron chi connectivity index (χ3n) is 1.38. The summed E-state index contributed by atoms with van der Waals surface area (Å²) in [5, 5.41) is 2.88. The van der Waals surface area contributed by atoms with Crippen LogP contribution in [0, 0.1) is 0 Å². The predicted molar refractivity (Wildman–Crippen MR) is 41.5 cm³/mol. The Balaban J connectivity index is 2.97. The Morgan fingerprint density at radius 1 is 1.50 bits per heavy atom. The molecule has 0 heterocycles. The van der Waals surface area contributed by atoms with Gasteiger partial charge in [-0.2, -0.15) is 0 Å². The predicted octanol–water partition coefficient (Wildman–Crippen LogP) is 1.02. The van der Waals surface area contributed by atoms with Gasteiger partial charge in [0.25, 0.3) is 0 Å². The van der Waals surface area contributed by atoms with Crippen molar-refractivity contribution < 1.29 is 4.39 Å². The maximum Gasteiger partial charge on any atom is 0.101 e. The molecule has 3 heteroatoms. The van der Waals surface area contributed by atoms with Gasteiger partial charge in [-0.15, -0.1) is 0 Å². The molecule has 0 saturated carbocycles. The summed E-state index contributed by atoms with van der Waals surface area (Å²) in [6, 6.07) is 0. The Morgan fingerprint density at radius 3 is 2.70 bits per heavy atom. The second kappa shape index (κ2) is 6.96. The molecule has 0 aromatic carbocycles. The first-order valence-corrected chi connectivity index (χ1v) is 3.86. The van der Waals surface area contributed by atoms with Gasteiger partial charge in [0, 0.05) is 6.67 Å². The topological polar surface area (TPSA) is 38.0 Å². The van der Waals surface area contributed by atoms with Crippen LogP contribution in [0.1, 0.15) is 26.2 Å². The van der Waals surface area contributed by atoms with Crippen LogP contribution in [0.3, 0.4) is 0 Å². The molecule has 0 aromatic heterocycles. The molecule has 3 N–H and O–H groups in total. The van der Waals surface area contributed by atoms with Crippen LogP contribution in [0.25, 0.3) is 0 Å². The van der Waals surface area contributed by atoms with E-state index in [4.69, 9.17) is 5.73 Å². The Bertz CT molecular complexity index is 68.6. The monoisotopic (exact) mass is 148 g/mol. The fourth-order valence-corrected chi connectivity index (χ4v) is 0.818. The Kier molecular flexibility index (Phi) is 6.86. The van der Waals surface area contributed by atoms with Crippen LogP contribution in [0.15, 0.2) is 0 Å². The summed E-state index contributed by atoms with van der Waals surface area (Å²) in [5.74, 6) is 0. The highest BCUT2D eigenvalue weighted by Crippen LogP contribution is 2.04. The molecule has 0 aliphatic carbocycles. The molecule has 0 rings (SSSR count). The summed E-state index contributed by atoms with van der Waals surface area (Å²) in [6.45, 7) is 3.12. The molecule has 2 nitrogen and oxygen atoms in total. The van der Waals surface area contributed by atoms with Crippen molar-refractivity contribution in [3.8, 4) is 0 Å². The molecular weight excluding hydrogens is 131 g/mol. The number of rotatable bonds is 6. The van der Waals surface area contributed by atoms with Crippen molar-refractivity contribution in [3.63, 3.8) is 0 Å². The molecule has 0 spiro atoms. The molecule has 0 saturated heterocycles. The second-order valence-corrected chi connectivity index (χ2v) is 2.38. The van der Waals surface area contributed by atoms with Gasteiger partial charge in [-0.25, -0.2) is 4.39 Å². The third-order valence-corrected chi connectivity index (χ3v) is 1.38. The molecule has 0 aliphatic rings. The summed E-state index contributed by atoms with van der Waals surface area (Å²) in [6.07, 6.45) is 1.53. The van der Waals surface area contributed by atoms with E-state index in [1.807, 2.05) is 6.92 Å². The second-order valence-electron chi connectivity index (χ2n) is 2.38. The van der Waals surface area contributed by atoms with E-state index in [9.17, 15) is 4.39 Å². The molecule has 0 aromatic rings. The van der Waals surface area contributed by atoms with Crippen molar-refractivity contribution in [3.05, 3.63) is 0 Å². The van der Waals surface area contributed by atoms with Crippen LogP contribution in [-0.2, 0) is 0 Å². The maximum absolute atomic E-state index is 12.6. The van der Waals surface area contributed by atoms with Crippen molar-refractivity contribution in [1.29, 1.82) is 0 Å². The van der Waals surface area contributed by atoms with Crippen molar-refractivity contribution in [1.82, 2.24) is 5.32 Å².